The molecule has 0 bridgehead atoms. The molecule has 0 aromatic rings. The molecule has 0 amide bonds. The summed E-state index contributed by atoms with van der Waals surface area (Å²) in [5.74, 6) is 1.92. The topological polar surface area (TPSA) is 0 Å². The quantitative estimate of drug-likeness (QED) is 0.571. The van der Waals surface area contributed by atoms with Gasteiger partial charge in [0.05, 0.1) is 0 Å². The molecule has 15 heavy (non-hydrogen) atoms. The second kappa shape index (κ2) is 5.53. The number of rotatable bonds is 1. The van der Waals surface area contributed by atoms with E-state index < -0.39 is 0 Å². The van der Waals surface area contributed by atoms with Crippen molar-refractivity contribution in [3.05, 3.63) is 23.8 Å². The van der Waals surface area contributed by atoms with Crippen LogP contribution in [-0.2, 0) is 0 Å². The Kier molecular flexibility index (Phi) is 4.05. The standard InChI is InChI=1S/C15H24/c1-2-13-11-12-14-9-7-5-3-4-6-8-10-15(13)14/h5,7,9,13,15H,2-4,6,8,10-12H2,1H3/b7-5-,14-9-. The van der Waals surface area contributed by atoms with E-state index in [1.807, 2.05) is 0 Å². The summed E-state index contributed by atoms with van der Waals surface area (Å²) in [6.07, 6.45) is 18.3. The molecule has 0 radical (unpaired) electrons. The van der Waals surface area contributed by atoms with Gasteiger partial charge in [0.1, 0.15) is 0 Å². The molecule has 2 aliphatic rings. The highest BCUT2D eigenvalue weighted by atomic mass is 14.3. The lowest BCUT2D eigenvalue weighted by molar-refractivity contribution is 0.374. The molecule has 2 atom stereocenters. The Labute approximate surface area is 94.5 Å². The molecule has 0 heterocycles. The molecule has 1 saturated carbocycles. The van der Waals surface area contributed by atoms with Gasteiger partial charge in [-0.1, -0.05) is 50.0 Å². The van der Waals surface area contributed by atoms with E-state index in [2.05, 4.69) is 25.2 Å². The lowest BCUT2D eigenvalue weighted by Crippen LogP contribution is -2.08. The highest BCUT2D eigenvalue weighted by molar-refractivity contribution is 5.20. The molecule has 0 spiro atoms. The number of allylic oxidation sites excluding steroid dienone is 4. The first-order valence-corrected chi connectivity index (χ1v) is 6.77. The normalized spacial score (nSPS) is 37.8. The lowest BCUT2D eigenvalue weighted by atomic mass is 9.86. The molecular weight excluding hydrogens is 180 g/mol. The average Bonchev–Trinajstić information content (AvgIpc) is 2.66. The van der Waals surface area contributed by atoms with Crippen molar-refractivity contribution in [3.8, 4) is 0 Å². The predicted octanol–water partition coefficient (Wildman–Crippen LogP) is 4.87. The summed E-state index contributed by atoms with van der Waals surface area (Å²) in [6, 6.07) is 0. The molecule has 0 aromatic heterocycles. The van der Waals surface area contributed by atoms with Gasteiger partial charge in [0, 0.05) is 0 Å². The summed E-state index contributed by atoms with van der Waals surface area (Å²) >= 11 is 0. The second-order valence-electron chi connectivity index (χ2n) is 5.12. The summed E-state index contributed by atoms with van der Waals surface area (Å²) in [5.41, 5.74) is 1.75. The fourth-order valence-electron chi connectivity index (χ4n) is 3.25. The van der Waals surface area contributed by atoms with Crippen LogP contribution in [0.2, 0.25) is 0 Å². The van der Waals surface area contributed by atoms with E-state index in [4.69, 9.17) is 0 Å². The Hall–Kier alpha value is -0.520. The number of hydrogen-bond donors (Lipinski definition) is 0. The average molecular weight is 204 g/mol. The minimum absolute atomic E-state index is 0.928. The van der Waals surface area contributed by atoms with Crippen molar-refractivity contribution in [1.82, 2.24) is 0 Å². The van der Waals surface area contributed by atoms with Gasteiger partial charge in [-0.25, -0.2) is 0 Å². The number of fused-ring (bicyclic) bond motifs is 1. The second-order valence-corrected chi connectivity index (χ2v) is 5.12. The molecular formula is C15H24. The molecule has 84 valence electrons. The highest BCUT2D eigenvalue weighted by Crippen LogP contribution is 2.41. The van der Waals surface area contributed by atoms with E-state index in [9.17, 15) is 0 Å². The third kappa shape index (κ3) is 2.74. The van der Waals surface area contributed by atoms with Gasteiger partial charge < -0.3 is 0 Å². The van der Waals surface area contributed by atoms with Crippen molar-refractivity contribution in [2.45, 2.75) is 58.3 Å². The molecule has 2 aliphatic carbocycles. The minimum atomic E-state index is 0.928. The van der Waals surface area contributed by atoms with Crippen molar-refractivity contribution in [1.29, 1.82) is 0 Å². The Balaban J connectivity index is 2.09. The largest absolute Gasteiger partial charge is 0.0845 e. The fraction of sp³-hybridized carbons (Fsp3) is 0.733. The van der Waals surface area contributed by atoms with Crippen molar-refractivity contribution in [2.75, 3.05) is 0 Å². The van der Waals surface area contributed by atoms with Crippen molar-refractivity contribution in [3.63, 3.8) is 0 Å². The summed E-state index contributed by atoms with van der Waals surface area (Å²) < 4.78 is 0. The van der Waals surface area contributed by atoms with Crippen LogP contribution in [0.15, 0.2) is 23.8 Å². The first-order chi connectivity index (χ1) is 7.42. The van der Waals surface area contributed by atoms with Gasteiger partial charge >= 0.3 is 0 Å². The van der Waals surface area contributed by atoms with Crippen LogP contribution in [0, 0.1) is 11.8 Å². The summed E-state index contributed by atoms with van der Waals surface area (Å²) in [4.78, 5) is 0. The maximum absolute atomic E-state index is 2.42. The fourth-order valence-corrected chi connectivity index (χ4v) is 3.25. The van der Waals surface area contributed by atoms with E-state index in [1.54, 1.807) is 5.57 Å². The molecule has 0 aromatic carbocycles. The maximum Gasteiger partial charge on any atom is -0.0172 e. The number of hydrogen-bond acceptors (Lipinski definition) is 0. The van der Waals surface area contributed by atoms with E-state index in [1.165, 1.54) is 51.4 Å². The zero-order valence-electron chi connectivity index (χ0n) is 10.0. The van der Waals surface area contributed by atoms with Crippen molar-refractivity contribution < 1.29 is 0 Å². The van der Waals surface area contributed by atoms with Gasteiger partial charge in [0.2, 0.25) is 0 Å². The van der Waals surface area contributed by atoms with Gasteiger partial charge in [-0.3, -0.25) is 0 Å². The Morgan fingerprint density at radius 1 is 1.20 bits per heavy atom. The van der Waals surface area contributed by atoms with E-state index in [0.717, 1.165) is 11.8 Å². The molecule has 0 nitrogen and oxygen atoms in total. The molecule has 0 N–H and O–H groups in total. The van der Waals surface area contributed by atoms with Gasteiger partial charge in [-0.2, -0.15) is 0 Å². The van der Waals surface area contributed by atoms with Crippen LogP contribution in [0.5, 0.6) is 0 Å². The van der Waals surface area contributed by atoms with Crippen LogP contribution in [-0.4, -0.2) is 0 Å². The Morgan fingerprint density at radius 3 is 3.00 bits per heavy atom. The van der Waals surface area contributed by atoms with Crippen LogP contribution in [0.25, 0.3) is 0 Å². The summed E-state index contributed by atoms with van der Waals surface area (Å²) in [5, 5.41) is 0. The molecule has 0 heteroatoms. The zero-order chi connectivity index (χ0) is 10.5. The monoisotopic (exact) mass is 204 g/mol. The van der Waals surface area contributed by atoms with Gasteiger partial charge in [-0.15, -0.1) is 0 Å². The molecule has 0 saturated heterocycles. The predicted molar refractivity (Wildman–Crippen MR) is 66.8 cm³/mol. The van der Waals surface area contributed by atoms with Crippen LogP contribution in [0.1, 0.15) is 58.3 Å². The van der Waals surface area contributed by atoms with E-state index >= 15 is 0 Å². The summed E-state index contributed by atoms with van der Waals surface area (Å²) in [6.45, 7) is 2.36. The lowest BCUT2D eigenvalue weighted by Gasteiger charge is -2.19. The SMILES string of the molecule is CCC1CC/C2=C/C=C\CCCCCC21. The van der Waals surface area contributed by atoms with E-state index in [-0.39, 0.29) is 0 Å². The molecule has 2 rings (SSSR count). The molecule has 0 aliphatic heterocycles. The van der Waals surface area contributed by atoms with Crippen LogP contribution in [0.3, 0.4) is 0 Å². The molecule has 1 fully saturated rings. The van der Waals surface area contributed by atoms with Gasteiger partial charge in [-0.05, 0) is 43.9 Å². The van der Waals surface area contributed by atoms with Crippen molar-refractivity contribution in [2.24, 2.45) is 11.8 Å². The maximum atomic E-state index is 2.42. The zero-order valence-corrected chi connectivity index (χ0v) is 10.0. The van der Waals surface area contributed by atoms with E-state index in [0.29, 0.717) is 0 Å². The van der Waals surface area contributed by atoms with Gasteiger partial charge in [0.15, 0.2) is 0 Å². The van der Waals surface area contributed by atoms with Crippen LogP contribution >= 0.6 is 0 Å². The molecule has 2 unspecified atom stereocenters. The Bertz CT molecular complexity index is 247. The highest BCUT2D eigenvalue weighted by Gasteiger charge is 2.29. The van der Waals surface area contributed by atoms with Crippen molar-refractivity contribution >= 4 is 0 Å². The minimum Gasteiger partial charge on any atom is -0.0845 e. The van der Waals surface area contributed by atoms with Gasteiger partial charge in [0.25, 0.3) is 0 Å². The first-order valence-electron chi connectivity index (χ1n) is 6.77. The third-order valence-electron chi connectivity index (χ3n) is 4.21. The van der Waals surface area contributed by atoms with Crippen LogP contribution < -0.4 is 0 Å². The third-order valence-corrected chi connectivity index (χ3v) is 4.21. The smallest absolute Gasteiger partial charge is 0.0172 e. The summed E-state index contributed by atoms with van der Waals surface area (Å²) in [7, 11) is 0. The first kappa shape index (κ1) is 11.0. The Morgan fingerprint density at radius 2 is 2.13 bits per heavy atom. The van der Waals surface area contributed by atoms with Crippen LogP contribution in [0.4, 0.5) is 0 Å².